The zero-order chi connectivity index (χ0) is 11.4. The molecule has 1 atom stereocenters. The van der Waals surface area contributed by atoms with Gasteiger partial charge in [0.05, 0.1) is 0 Å². The molecule has 2 heteroatoms. The van der Waals surface area contributed by atoms with Crippen molar-refractivity contribution in [2.24, 2.45) is 5.73 Å². The van der Waals surface area contributed by atoms with Gasteiger partial charge in [0.1, 0.15) is 0 Å². The normalized spacial score (nSPS) is 13.0. The number of thioether (sulfide) groups is 1. The van der Waals surface area contributed by atoms with Crippen molar-refractivity contribution in [3.63, 3.8) is 0 Å². The molecule has 0 aliphatic rings. The maximum atomic E-state index is 5.69. The van der Waals surface area contributed by atoms with E-state index in [1.807, 2.05) is 0 Å². The van der Waals surface area contributed by atoms with Crippen LogP contribution in [0.4, 0.5) is 0 Å². The summed E-state index contributed by atoms with van der Waals surface area (Å²) >= 11 is 2.07. The Balaban J connectivity index is 2.87. The van der Waals surface area contributed by atoms with Gasteiger partial charge in [0.25, 0.3) is 0 Å². The summed E-state index contributed by atoms with van der Waals surface area (Å²) in [6.45, 7) is 4.36. The van der Waals surface area contributed by atoms with Crippen LogP contribution in [-0.2, 0) is 0 Å². The highest BCUT2D eigenvalue weighted by Crippen LogP contribution is 2.11. The highest BCUT2D eigenvalue weighted by molar-refractivity contribution is 7.99. The van der Waals surface area contributed by atoms with Gasteiger partial charge < -0.3 is 5.73 Å². The predicted octanol–water partition coefficient (Wildman–Crippen LogP) is 4.21. The largest absolute Gasteiger partial charge is 0.328 e. The van der Waals surface area contributed by atoms with E-state index in [0.29, 0.717) is 6.04 Å². The molecule has 15 heavy (non-hydrogen) atoms. The van der Waals surface area contributed by atoms with Crippen LogP contribution in [0.5, 0.6) is 0 Å². The zero-order valence-corrected chi connectivity index (χ0v) is 11.5. The van der Waals surface area contributed by atoms with E-state index < -0.39 is 0 Å². The molecule has 0 saturated carbocycles. The molecule has 1 nitrogen and oxygen atoms in total. The van der Waals surface area contributed by atoms with Crippen molar-refractivity contribution < 1.29 is 0 Å². The summed E-state index contributed by atoms with van der Waals surface area (Å²) in [7, 11) is 0. The highest BCUT2D eigenvalue weighted by atomic mass is 32.2. The minimum absolute atomic E-state index is 0.381. The van der Waals surface area contributed by atoms with Gasteiger partial charge in [0.2, 0.25) is 0 Å². The van der Waals surface area contributed by atoms with Gasteiger partial charge in [0.15, 0.2) is 0 Å². The Hall–Kier alpha value is 0.310. The molecule has 0 rings (SSSR count). The summed E-state index contributed by atoms with van der Waals surface area (Å²) in [5.41, 5.74) is 5.69. The Morgan fingerprint density at radius 3 is 2.13 bits per heavy atom. The molecule has 0 fully saturated rings. The van der Waals surface area contributed by atoms with E-state index in [1.165, 1.54) is 62.9 Å². The predicted molar refractivity (Wildman–Crippen MR) is 73.6 cm³/mol. The summed E-state index contributed by atoms with van der Waals surface area (Å²) in [6.07, 6.45) is 11.1. The minimum Gasteiger partial charge on any atom is -0.328 e. The third-order valence-electron chi connectivity index (χ3n) is 2.61. The second-order valence-electron chi connectivity index (χ2n) is 4.50. The standard InChI is InChI=1S/C13H29NS/c1-3-4-5-6-7-8-9-11-15-12-10-13(2)14/h13H,3-12,14H2,1-2H3. The van der Waals surface area contributed by atoms with Crippen molar-refractivity contribution in [1.29, 1.82) is 0 Å². The molecule has 92 valence electrons. The fourth-order valence-corrected chi connectivity index (χ4v) is 2.68. The highest BCUT2D eigenvalue weighted by Gasteiger charge is 1.95. The Bertz CT molecular complexity index is 115. The van der Waals surface area contributed by atoms with Crippen LogP contribution in [-0.4, -0.2) is 17.5 Å². The maximum Gasteiger partial charge on any atom is 0.00183 e. The van der Waals surface area contributed by atoms with Crippen molar-refractivity contribution in [3.8, 4) is 0 Å². The van der Waals surface area contributed by atoms with E-state index in [9.17, 15) is 0 Å². The van der Waals surface area contributed by atoms with Crippen LogP contribution in [0, 0.1) is 0 Å². The molecule has 0 aromatic heterocycles. The molecular weight excluding hydrogens is 202 g/mol. The minimum atomic E-state index is 0.381. The van der Waals surface area contributed by atoms with Gasteiger partial charge in [0, 0.05) is 6.04 Å². The molecule has 0 saturated heterocycles. The van der Waals surface area contributed by atoms with Crippen molar-refractivity contribution in [2.45, 2.75) is 71.3 Å². The fourth-order valence-electron chi connectivity index (χ4n) is 1.53. The molecule has 2 N–H and O–H groups in total. The summed E-state index contributed by atoms with van der Waals surface area (Å²) in [5, 5.41) is 0. The lowest BCUT2D eigenvalue weighted by Gasteiger charge is -2.04. The number of nitrogens with two attached hydrogens (primary N) is 1. The van der Waals surface area contributed by atoms with Crippen LogP contribution >= 0.6 is 11.8 Å². The first-order valence-electron chi connectivity index (χ1n) is 6.60. The van der Waals surface area contributed by atoms with Crippen LogP contribution in [0.1, 0.15) is 65.2 Å². The van der Waals surface area contributed by atoms with Gasteiger partial charge in [-0.15, -0.1) is 0 Å². The smallest absolute Gasteiger partial charge is 0.00183 e. The van der Waals surface area contributed by atoms with Crippen LogP contribution < -0.4 is 5.73 Å². The van der Waals surface area contributed by atoms with Crippen LogP contribution in [0.3, 0.4) is 0 Å². The van der Waals surface area contributed by atoms with Gasteiger partial charge in [-0.1, -0.05) is 45.4 Å². The van der Waals surface area contributed by atoms with E-state index in [1.54, 1.807) is 0 Å². The summed E-state index contributed by atoms with van der Waals surface area (Å²) < 4.78 is 0. The topological polar surface area (TPSA) is 26.0 Å². The summed E-state index contributed by atoms with van der Waals surface area (Å²) in [5.74, 6) is 2.58. The van der Waals surface area contributed by atoms with Crippen LogP contribution in [0.15, 0.2) is 0 Å². The SMILES string of the molecule is CCCCCCCCCSCCC(C)N. The van der Waals surface area contributed by atoms with Gasteiger partial charge in [-0.25, -0.2) is 0 Å². The number of hydrogen-bond donors (Lipinski definition) is 1. The number of rotatable bonds is 11. The van der Waals surface area contributed by atoms with Crippen molar-refractivity contribution in [1.82, 2.24) is 0 Å². The van der Waals surface area contributed by atoms with E-state index in [4.69, 9.17) is 5.73 Å². The molecule has 0 amide bonds. The first-order chi connectivity index (χ1) is 7.27. The molecule has 0 heterocycles. The lowest BCUT2D eigenvalue weighted by molar-refractivity contribution is 0.603. The quantitative estimate of drug-likeness (QED) is 0.539. The monoisotopic (exact) mass is 231 g/mol. The van der Waals surface area contributed by atoms with Gasteiger partial charge in [-0.3, -0.25) is 0 Å². The second-order valence-corrected chi connectivity index (χ2v) is 5.72. The molecule has 0 bridgehead atoms. The third-order valence-corrected chi connectivity index (χ3v) is 3.71. The molecule has 0 spiro atoms. The Labute approximate surface area is 101 Å². The van der Waals surface area contributed by atoms with Gasteiger partial charge in [-0.2, -0.15) is 11.8 Å². The van der Waals surface area contributed by atoms with Crippen molar-refractivity contribution in [2.75, 3.05) is 11.5 Å². The molecule has 0 aromatic rings. The zero-order valence-electron chi connectivity index (χ0n) is 10.6. The fraction of sp³-hybridized carbons (Fsp3) is 1.00. The molecule has 0 aliphatic carbocycles. The van der Waals surface area contributed by atoms with E-state index >= 15 is 0 Å². The molecule has 0 aliphatic heterocycles. The number of unbranched alkanes of at least 4 members (excludes halogenated alkanes) is 6. The second kappa shape index (κ2) is 12.4. The lowest BCUT2D eigenvalue weighted by Crippen LogP contribution is -2.15. The van der Waals surface area contributed by atoms with E-state index in [-0.39, 0.29) is 0 Å². The lowest BCUT2D eigenvalue weighted by atomic mass is 10.1. The Morgan fingerprint density at radius 2 is 1.53 bits per heavy atom. The Morgan fingerprint density at radius 1 is 0.933 bits per heavy atom. The third kappa shape index (κ3) is 14.3. The summed E-state index contributed by atoms with van der Waals surface area (Å²) in [4.78, 5) is 0. The number of hydrogen-bond acceptors (Lipinski definition) is 2. The van der Waals surface area contributed by atoms with Gasteiger partial charge >= 0.3 is 0 Å². The average Bonchev–Trinajstić information content (AvgIpc) is 2.20. The van der Waals surface area contributed by atoms with Crippen LogP contribution in [0.2, 0.25) is 0 Å². The van der Waals surface area contributed by atoms with E-state index in [0.717, 1.165) is 0 Å². The van der Waals surface area contributed by atoms with Gasteiger partial charge in [-0.05, 0) is 31.3 Å². The molecular formula is C13H29NS. The van der Waals surface area contributed by atoms with Crippen molar-refractivity contribution >= 4 is 11.8 Å². The Kier molecular flexibility index (Phi) is 12.6. The maximum absolute atomic E-state index is 5.69. The van der Waals surface area contributed by atoms with E-state index in [2.05, 4.69) is 25.6 Å². The first-order valence-corrected chi connectivity index (χ1v) is 7.76. The van der Waals surface area contributed by atoms with Crippen LogP contribution in [0.25, 0.3) is 0 Å². The molecule has 0 aromatic carbocycles. The average molecular weight is 231 g/mol. The molecule has 0 radical (unpaired) electrons. The molecule has 1 unspecified atom stereocenters. The summed E-state index contributed by atoms with van der Waals surface area (Å²) in [6, 6.07) is 0.381. The first kappa shape index (κ1) is 15.3. The van der Waals surface area contributed by atoms with Crippen molar-refractivity contribution in [3.05, 3.63) is 0 Å².